The second-order valence-electron chi connectivity index (χ2n) is 0.455. The van der Waals surface area contributed by atoms with Crippen molar-refractivity contribution in [2.45, 2.75) is 0 Å². The van der Waals surface area contributed by atoms with Gasteiger partial charge in [0, 0.05) is 0 Å². The molecule has 0 saturated heterocycles. The molecule has 0 heterocycles. The van der Waals surface area contributed by atoms with Gasteiger partial charge >= 0.3 is 0 Å². The minimum absolute atomic E-state index is 0. The van der Waals surface area contributed by atoms with Gasteiger partial charge in [-0.25, -0.2) is 0 Å². The first-order valence-corrected chi connectivity index (χ1v) is 0.827. The number of guanidine groups is 1. The minimum Gasteiger partial charge on any atom is -0.412 e. The van der Waals surface area contributed by atoms with Crippen LogP contribution >= 0.6 is 37.2 Å². The monoisotopic (exact) mass is 203 g/mol. The fourth-order valence-electron chi connectivity index (χ4n) is 0. The van der Waals surface area contributed by atoms with Gasteiger partial charge in [-0.1, -0.05) is 0 Å². The molecule has 0 amide bonds. The molecule has 0 aromatic carbocycles. The summed E-state index contributed by atoms with van der Waals surface area (Å²) in [4.78, 5) is 0. The van der Waals surface area contributed by atoms with Gasteiger partial charge in [-0.3, -0.25) is 5.41 Å². The number of nitrogens with one attached hydrogen (secondary N) is 1. The minimum atomic E-state index is -0.333. The highest BCUT2D eigenvalue weighted by Gasteiger charge is 1.52. The third-order valence-electron chi connectivity index (χ3n) is 0. The van der Waals surface area contributed by atoms with E-state index in [1.165, 1.54) is 0 Å². The topological polar surface area (TPSA) is 139 Å². The quantitative estimate of drug-likeness (QED) is 0.325. The van der Waals surface area contributed by atoms with Crippen LogP contribution in [0.25, 0.3) is 0 Å². The van der Waals surface area contributed by atoms with E-state index in [0.717, 1.165) is 0 Å². The Morgan fingerprint density at radius 3 is 0.889 bits per heavy atom. The van der Waals surface area contributed by atoms with E-state index in [1.807, 2.05) is 0 Å². The first kappa shape index (κ1) is 62.9. The molecular weight excluding hydrogens is 192 g/mol. The summed E-state index contributed by atoms with van der Waals surface area (Å²) in [5.74, 6) is -0.333. The molecule has 0 unspecified atom stereocenters. The summed E-state index contributed by atoms with van der Waals surface area (Å²) >= 11 is 0. The summed E-state index contributed by atoms with van der Waals surface area (Å²) in [6.07, 6.45) is 0. The van der Waals surface area contributed by atoms with Gasteiger partial charge in [0.25, 0.3) is 0 Å². The van der Waals surface area contributed by atoms with Gasteiger partial charge in [-0.05, 0) is 0 Å². The maximum Gasteiger partial charge on any atom is 0.183 e. The van der Waals surface area contributed by atoms with Gasteiger partial charge in [0.1, 0.15) is 0 Å². The fraction of sp³-hybridized carbons (Fsp3) is 0. The molecular formula is CH12Cl3N3O2. The average Bonchev–Trinajstić information content (AvgIpc) is 0.811. The molecule has 5 nitrogen and oxygen atoms in total. The Balaban J connectivity index is -0.00000000450. The van der Waals surface area contributed by atoms with Crippen molar-refractivity contribution in [3.05, 3.63) is 0 Å². The molecule has 0 aliphatic heterocycles. The number of nitrogens with two attached hydrogens (primary N) is 2. The van der Waals surface area contributed by atoms with Crippen molar-refractivity contribution >= 4 is 43.2 Å². The van der Waals surface area contributed by atoms with Crippen molar-refractivity contribution in [2.24, 2.45) is 11.5 Å². The van der Waals surface area contributed by atoms with Gasteiger partial charge in [-0.2, -0.15) is 0 Å². The molecule has 64 valence electrons. The third-order valence-corrected chi connectivity index (χ3v) is 0. The molecule has 0 aliphatic carbocycles. The molecule has 0 bridgehead atoms. The summed E-state index contributed by atoms with van der Waals surface area (Å²) in [6, 6.07) is 0. The highest BCUT2D eigenvalue weighted by Crippen LogP contribution is 1.13. The maximum atomic E-state index is 6.06. The van der Waals surface area contributed by atoms with E-state index in [2.05, 4.69) is 11.5 Å². The van der Waals surface area contributed by atoms with E-state index < -0.39 is 0 Å². The smallest absolute Gasteiger partial charge is 0.183 e. The zero-order chi connectivity index (χ0) is 3.58. The van der Waals surface area contributed by atoms with Crippen LogP contribution in [-0.2, 0) is 0 Å². The van der Waals surface area contributed by atoms with E-state index in [9.17, 15) is 0 Å². The zero-order valence-corrected chi connectivity index (χ0v) is 6.83. The normalized spacial score (nSPS) is 2.67. The summed E-state index contributed by atoms with van der Waals surface area (Å²) in [5.41, 5.74) is 8.94. The second-order valence-corrected chi connectivity index (χ2v) is 0.455. The van der Waals surface area contributed by atoms with Crippen LogP contribution < -0.4 is 11.5 Å². The number of hydrogen-bond donors (Lipinski definition) is 3. The van der Waals surface area contributed by atoms with E-state index in [4.69, 9.17) is 5.41 Å². The van der Waals surface area contributed by atoms with Gasteiger partial charge in [0.15, 0.2) is 5.96 Å². The van der Waals surface area contributed by atoms with E-state index in [-0.39, 0.29) is 54.1 Å². The summed E-state index contributed by atoms with van der Waals surface area (Å²) in [5, 5.41) is 6.06. The Labute approximate surface area is 71.5 Å². The predicted molar refractivity (Wildman–Crippen MR) is 45.1 cm³/mol. The Morgan fingerprint density at radius 1 is 0.889 bits per heavy atom. The van der Waals surface area contributed by atoms with Crippen LogP contribution in [0.15, 0.2) is 0 Å². The van der Waals surface area contributed by atoms with E-state index in [1.54, 1.807) is 0 Å². The summed E-state index contributed by atoms with van der Waals surface area (Å²) in [7, 11) is 0. The van der Waals surface area contributed by atoms with Crippen LogP contribution in [0.2, 0.25) is 0 Å². The van der Waals surface area contributed by atoms with Gasteiger partial charge in [0.2, 0.25) is 0 Å². The Kier molecular flexibility index (Phi) is 300. The summed E-state index contributed by atoms with van der Waals surface area (Å²) in [6.45, 7) is 0. The third kappa shape index (κ3) is 82200. The lowest BCUT2D eigenvalue weighted by molar-refractivity contribution is 0.823. The lowest BCUT2D eigenvalue weighted by atomic mass is 11.1. The van der Waals surface area contributed by atoms with Gasteiger partial charge in [0.05, 0.1) is 0 Å². The molecule has 9 N–H and O–H groups in total. The predicted octanol–water partition coefficient (Wildman–Crippen LogP) is -1.55. The van der Waals surface area contributed by atoms with Gasteiger partial charge < -0.3 is 22.4 Å². The molecule has 8 heteroatoms. The lowest BCUT2D eigenvalue weighted by Gasteiger charge is -1.69. The average molecular weight is 204 g/mol. The Morgan fingerprint density at radius 2 is 0.889 bits per heavy atom. The molecule has 9 heavy (non-hydrogen) atoms. The maximum absolute atomic E-state index is 6.06. The van der Waals surface area contributed by atoms with Crippen LogP contribution in [0.5, 0.6) is 0 Å². The molecule has 0 fully saturated rings. The Hall–Kier alpha value is 0.0600. The van der Waals surface area contributed by atoms with Crippen molar-refractivity contribution in [3.63, 3.8) is 0 Å². The molecule has 0 saturated carbocycles. The molecule has 0 spiro atoms. The standard InChI is InChI=1S/CH5N3.3ClH.2H2O/c2-1(3)4;;;;;/h(H5,2,3,4);3*1H;2*1H2. The molecule has 0 aromatic heterocycles. The SMILES string of the molecule is Cl.Cl.Cl.N=C(N)N.O.O. The van der Waals surface area contributed by atoms with Crippen molar-refractivity contribution in [2.75, 3.05) is 0 Å². The van der Waals surface area contributed by atoms with E-state index >= 15 is 0 Å². The van der Waals surface area contributed by atoms with E-state index in [0.29, 0.717) is 0 Å². The first-order chi connectivity index (χ1) is 1.73. The zero-order valence-electron chi connectivity index (χ0n) is 4.38. The van der Waals surface area contributed by atoms with Crippen LogP contribution in [0, 0.1) is 5.41 Å². The molecule has 0 aliphatic rings. The van der Waals surface area contributed by atoms with Crippen molar-refractivity contribution < 1.29 is 11.0 Å². The Bertz CT molecular complexity index is 40.0. The van der Waals surface area contributed by atoms with Gasteiger partial charge in [-0.15, -0.1) is 37.2 Å². The molecule has 0 radical (unpaired) electrons. The summed E-state index contributed by atoms with van der Waals surface area (Å²) < 4.78 is 0. The van der Waals surface area contributed by atoms with Crippen LogP contribution in [-0.4, -0.2) is 16.9 Å². The largest absolute Gasteiger partial charge is 0.412 e. The van der Waals surface area contributed by atoms with Crippen LogP contribution in [0.1, 0.15) is 0 Å². The number of hydrogen-bond acceptors (Lipinski definition) is 1. The highest BCUT2D eigenvalue weighted by atomic mass is 35.5. The number of halogens is 3. The molecule has 0 aromatic rings. The first-order valence-electron chi connectivity index (χ1n) is 0.827. The lowest BCUT2D eigenvalue weighted by Crippen LogP contribution is -2.20. The fourth-order valence-corrected chi connectivity index (χ4v) is 0. The van der Waals surface area contributed by atoms with Crippen molar-refractivity contribution in [1.82, 2.24) is 0 Å². The van der Waals surface area contributed by atoms with Crippen molar-refractivity contribution in [3.8, 4) is 0 Å². The second kappa shape index (κ2) is 42.9. The molecule has 0 rings (SSSR count). The van der Waals surface area contributed by atoms with Crippen molar-refractivity contribution in [1.29, 1.82) is 5.41 Å². The van der Waals surface area contributed by atoms with Crippen LogP contribution in [0.3, 0.4) is 0 Å². The number of rotatable bonds is 0. The van der Waals surface area contributed by atoms with Crippen LogP contribution in [0.4, 0.5) is 0 Å². The molecule has 0 atom stereocenters. The highest BCUT2D eigenvalue weighted by molar-refractivity contribution is 5.86.